The van der Waals surface area contributed by atoms with Crippen LogP contribution in [0.2, 0.25) is 0 Å². The van der Waals surface area contributed by atoms with Crippen LogP contribution in [0.3, 0.4) is 0 Å². The van der Waals surface area contributed by atoms with E-state index in [9.17, 15) is 14.0 Å². The number of nitrogens with one attached hydrogen (secondary N) is 2. The van der Waals surface area contributed by atoms with Gasteiger partial charge in [-0.1, -0.05) is 0 Å². The van der Waals surface area contributed by atoms with Crippen molar-refractivity contribution in [3.8, 4) is 22.6 Å². The lowest BCUT2D eigenvalue weighted by atomic mass is 10.1. The van der Waals surface area contributed by atoms with Gasteiger partial charge in [-0.05, 0) is 66.7 Å². The molecule has 1 fully saturated rings. The Morgan fingerprint density at radius 2 is 1.66 bits per heavy atom. The van der Waals surface area contributed by atoms with Gasteiger partial charge < -0.3 is 19.7 Å². The summed E-state index contributed by atoms with van der Waals surface area (Å²) in [5, 5.41) is 11.0. The molecule has 1 saturated heterocycles. The number of nitrogens with zero attached hydrogens (tertiary/aromatic N) is 6. The molecule has 0 unspecified atom stereocenters. The molecule has 12 heteroatoms. The average Bonchev–Trinajstić information content (AvgIpc) is 3.79. The second-order valence-electron chi connectivity index (χ2n) is 10.4. The van der Waals surface area contributed by atoms with Gasteiger partial charge in [-0.25, -0.2) is 14.4 Å². The number of aromatic amines is 1. The number of thiophene rings is 1. The zero-order valence-corrected chi connectivity index (χ0v) is 24.3. The lowest BCUT2D eigenvalue weighted by Gasteiger charge is -2.36. The highest BCUT2D eigenvalue weighted by Gasteiger charge is 2.22. The normalized spacial score (nSPS) is 13.4. The van der Waals surface area contributed by atoms with Gasteiger partial charge in [-0.2, -0.15) is 5.10 Å². The van der Waals surface area contributed by atoms with E-state index in [0.717, 1.165) is 41.0 Å². The van der Waals surface area contributed by atoms with Crippen LogP contribution in [0.25, 0.3) is 32.9 Å². The van der Waals surface area contributed by atoms with Crippen molar-refractivity contribution in [2.75, 3.05) is 36.4 Å². The van der Waals surface area contributed by atoms with Gasteiger partial charge in [0, 0.05) is 73.2 Å². The molecule has 1 aliphatic rings. The van der Waals surface area contributed by atoms with Crippen molar-refractivity contribution in [3.63, 3.8) is 0 Å². The second kappa shape index (κ2) is 11.7. The molecule has 0 bridgehead atoms. The van der Waals surface area contributed by atoms with Crippen LogP contribution in [0, 0.1) is 5.82 Å². The number of carbonyl (C=O) groups is 2. The van der Waals surface area contributed by atoms with Gasteiger partial charge in [0.1, 0.15) is 17.2 Å². The van der Waals surface area contributed by atoms with E-state index in [-0.39, 0.29) is 24.2 Å². The molecule has 0 aliphatic carbocycles. The summed E-state index contributed by atoms with van der Waals surface area (Å²) < 4.78 is 15.1. The van der Waals surface area contributed by atoms with Crippen LogP contribution in [0.5, 0.6) is 0 Å². The molecule has 10 nitrogen and oxygen atoms in total. The maximum Gasteiger partial charge on any atom is 0.265 e. The second-order valence-corrected chi connectivity index (χ2v) is 11.5. The molecule has 5 heterocycles. The number of H-pyrrole nitrogens is 1. The molecule has 2 aromatic carbocycles. The van der Waals surface area contributed by atoms with Crippen LogP contribution in [-0.2, 0) is 11.3 Å². The van der Waals surface area contributed by atoms with Gasteiger partial charge in [-0.15, -0.1) is 11.3 Å². The van der Waals surface area contributed by atoms with E-state index >= 15 is 0 Å². The standard InChI is InChI=1S/C32H27FN8O2S/c33-23-6-2-21(3-7-23)29-26-18-27(44-32(26)38-37-29)31(43)36-24-10-13-39(19-24)20-28(42)41-16-14-40(15-17-41)25-8-4-22(5-9-25)30-34-11-1-12-35-30/h1-13,18-19H,14-17,20H2,(H,36,43)(H,37,38). The molecule has 1 aliphatic heterocycles. The Morgan fingerprint density at radius 1 is 0.932 bits per heavy atom. The molecule has 2 N–H and O–H groups in total. The van der Waals surface area contributed by atoms with Crippen LogP contribution < -0.4 is 10.2 Å². The van der Waals surface area contributed by atoms with E-state index in [0.29, 0.717) is 34.3 Å². The number of rotatable bonds is 7. The number of anilines is 2. The first kappa shape index (κ1) is 27.5. The predicted octanol–water partition coefficient (Wildman–Crippen LogP) is 5.29. The zero-order chi connectivity index (χ0) is 30.0. The molecule has 6 aromatic rings. The van der Waals surface area contributed by atoms with E-state index in [1.807, 2.05) is 17.0 Å². The Morgan fingerprint density at radius 3 is 2.41 bits per heavy atom. The Labute approximate surface area is 255 Å². The Bertz CT molecular complexity index is 1920. The third-order valence-electron chi connectivity index (χ3n) is 7.62. The van der Waals surface area contributed by atoms with Crippen molar-refractivity contribution in [2.24, 2.45) is 0 Å². The summed E-state index contributed by atoms with van der Waals surface area (Å²) >= 11 is 1.27. The van der Waals surface area contributed by atoms with E-state index in [1.54, 1.807) is 59.7 Å². The van der Waals surface area contributed by atoms with Crippen LogP contribution in [0.4, 0.5) is 15.8 Å². The molecule has 0 spiro atoms. The molecular formula is C32H27FN8O2S. The topological polar surface area (TPSA) is 112 Å². The first-order valence-electron chi connectivity index (χ1n) is 14.1. The molecule has 0 atom stereocenters. The molecule has 0 saturated carbocycles. The first-order chi connectivity index (χ1) is 21.5. The highest BCUT2D eigenvalue weighted by atomic mass is 32.1. The number of amides is 2. The van der Waals surface area contributed by atoms with Crippen LogP contribution in [-0.4, -0.2) is 67.6 Å². The lowest BCUT2D eigenvalue weighted by molar-refractivity contribution is -0.132. The van der Waals surface area contributed by atoms with Gasteiger partial charge in [-0.3, -0.25) is 14.7 Å². The fourth-order valence-corrected chi connectivity index (χ4v) is 6.20. The largest absolute Gasteiger partial charge is 0.368 e. The number of hydrogen-bond donors (Lipinski definition) is 2. The third kappa shape index (κ3) is 5.66. The summed E-state index contributed by atoms with van der Waals surface area (Å²) in [4.78, 5) is 40.0. The Balaban J connectivity index is 0.928. The summed E-state index contributed by atoms with van der Waals surface area (Å²) in [6.45, 7) is 2.94. The minimum atomic E-state index is -0.316. The molecule has 0 radical (unpaired) electrons. The van der Waals surface area contributed by atoms with Crippen molar-refractivity contribution in [2.45, 2.75) is 6.54 Å². The predicted molar refractivity (Wildman–Crippen MR) is 168 cm³/mol. The first-order valence-corrected chi connectivity index (χ1v) is 14.9. The Kier molecular flexibility index (Phi) is 7.32. The van der Waals surface area contributed by atoms with Gasteiger partial charge in [0.25, 0.3) is 5.91 Å². The highest BCUT2D eigenvalue weighted by molar-refractivity contribution is 7.20. The zero-order valence-electron chi connectivity index (χ0n) is 23.5. The molecular weight excluding hydrogens is 579 g/mol. The van der Waals surface area contributed by atoms with Gasteiger partial charge in [0.2, 0.25) is 5.91 Å². The number of halogens is 1. The molecule has 220 valence electrons. The summed E-state index contributed by atoms with van der Waals surface area (Å²) in [6, 6.07) is 19.6. The lowest BCUT2D eigenvalue weighted by Crippen LogP contribution is -2.49. The number of carbonyl (C=O) groups excluding carboxylic acids is 2. The van der Waals surface area contributed by atoms with Crippen molar-refractivity contribution in [1.82, 2.24) is 29.6 Å². The monoisotopic (exact) mass is 606 g/mol. The maximum atomic E-state index is 13.3. The fourth-order valence-electron chi connectivity index (χ4n) is 5.30. The van der Waals surface area contributed by atoms with Crippen molar-refractivity contribution < 1.29 is 14.0 Å². The van der Waals surface area contributed by atoms with Crippen LogP contribution in [0.15, 0.2) is 91.5 Å². The molecule has 4 aromatic heterocycles. The summed E-state index contributed by atoms with van der Waals surface area (Å²) in [7, 11) is 0. The number of hydrogen-bond acceptors (Lipinski definition) is 7. The van der Waals surface area contributed by atoms with E-state index in [1.165, 1.54) is 23.5 Å². The van der Waals surface area contributed by atoms with Crippen molar-refractivity contribution >= 4 is 44.7 Å². The number of fused-ring (bicyclic) bond motifs is 1. The average molecular weight is 607 g/mol. The summed E-state index contributed by atoms with van der Waals surface area (Å²) in [5.41, 5.74) is 4.19. The smallest absolute Gasteiger partial charge is 0.265 e. The van der Waals surface area contributed by atoms with E-state index in [4.69, 9.17) is 0 Å². The molecule has 44 heavy (non-hydrogen) atoms. The van der Waals surface area contributed by atoms with Gasteiger partial charge in [0.05, 0.1) is 16.3 Å². The van der Waals surface area contributed by atoms with Crippen molar-refractivity contribution in [1.29, 1.82) is 0 Å². The van der Waals surface area contributed by atoms with E-state index < -0.39 is 0 Å². The SMILES string of the molecule is O=C(Nc1ccn(CC(=O)N2CCN(c3ccc(-c4ncccn4)cc3)CC2)c1)c1cc2c(-c3ccc(F)cc3)[nH]nc2s1. The fraction of sp³-hybridized carbons (Fsp3) is 0.156. The van der Waals surface area contributed by atoms with Crippen molar-refractivity contribution in [3.05, 3.63) is 102 Å². The molecule has 2 amide bonds. The molecule has 7 rings (SSSR count). The van der Waals surface area contributed by atoms with E-state index in [2.05, 4.69) is 42.5 Å². The third-order valence-corrected chi connectivity index (χ3v) is 8.65. The number of aromatic nitrogens is 5. The Hall–Kier alpha value is -5.36. The number of piperazine rings is 1. The maximum absolute atomic E-state index is 13.3. The van der Waals surface area contributed by atoms with Gasteiger partial charge >= 0.3 is 0 Å². The minimum absolute atomic E-state index is 0.0300. The quantitative estimate of drug-likeness (QED) is 0.256. The van der Waals surface area contributed by atoms with Crippen LogP contribution >= 0.6 is 11.3 Å². The minimum Gasteiger partial charge on any atom is -0.368 e. The summed E-state index contributed by atoms with van der Waals surface area (Å²) in [6.07, 6.45) is 7.01. The number of benzene rings is 2. The summed E-state index contributed by atoms with van der Waals surface area (Å²) in [5.74, 6) is 0.148. The van der Waals surface area contributed by atoms with Gasteiger partial charge in [0.15, 0.2) is 5.82 Å². The highest BCUT2D eigenvalue weighted by Crippen LogP contribution is 2.32. The van der Waals surface area contributed by atoms with Crippen LogP contribution in [0.1, 0.15) is 9.67 Å².